The lowest BCUT2D eigenvalue weighted by Crippen LogP contribution is -2.30. The molecular weight excluding hydrogens is 378 g/mol. The van der Waals surface area contributed by atoms with E-state index in [-0.39, 0.29) is 11.6 Å². The topological polar surface area (TPSA) is 84.3 Å². The van der Waals surface area contributed by atoms with E-state index in [9.17, 15) is 4.79 Å². The summed E-state index contributed by atoms with van der Waals surface area (Å²) in [6.45, 7) is 4.58. The molecule has 1 atom stereocenters. The number of nitrogens with zero attached hydrogens (tertiary/aromatic N) is 3. The van der Waals surface area contributed by atoms with Crippen LogP contribution in [0.4, 0.5) is 0 Å². The Hall–Kier alpha value is -3.45. The van der Waals surface area contributed by atoms with Crippen LogP contribution in [0.5, 0.6) is 0 Å². The Bertz CT molecular complexity index is 1200. The Morgan fingerprint density at radius 2 is 2.07 bits per heavy atom. The highest BCUT2D eigenvalue weighted by Crippen LogP contribution is 2.22. The highest BCUT2D eigenvalue weighted by molar-refractivity contribution is 5.73. The molecule has 2 N–H and O–H groups in total. The molecule has 0 aromatic carbocycles. The van der Waals surface area contributed by atoms with Gasteiger partial charge in [-0.3, -0.25) is 15.2 Å². The van der Waals surface area contributed by atoms with E-state index in [1.807, 2.05) is 30.4 Å². The third-order valence-electron chi connectivity index (χ3n) is 5.24. The summed E-state index contributed by atoms with van der Waals surface area (Å²) >= 11 is 0. The quantitative estimate of drug-likeness (QED) is 0.801. The number of hydrogen-bond donors (Lipinski definition) is 2. The molecule has 2 aromatic heterocycles. The lowest BCUT2D eigenvalue weighted by atomic mass is 10.1. The summed E-state index contributed by atoms with van der Waals surface area (Å²) in [6.07, 6.45) is 16.9. The number of ether oxygens (including phenoxy) is 1. The standard InChI is InChI=1S/C23H25N5O2/c1-15-8-7-9-17(12-16(15)2)22-26-23-25-18(13-21(29)28(23)27-22)14-24-19-10-5-4-6-11-20(19)30-3/h4-6,8-13,19,24H,7,14H2,1-3H3,(H,25,26,27). The molecular formula is C23H25N5O2. The molecule has 1 unspecified atom stereocenters. The zero-order chi connectivity index (χ0) is 21.1. The van der Waals surface area contributed by atoms with Gasteiger partial charge in [-0.1, -0.05) is 42.0 Å². The zero-order valence-electron chi connectivity index (χ0n) is 17.3. The first kappa shape index (κ1) is 19.8. The van der Waals surface area contributed by atoms with Crippen molar-refractivity contribution in [3.05, 3.63) is 93.5 Å². The summed E-state index contributed by atoms with van der Waals surface area (Å²) in [6, 6.07) is 1.42. The van der Waals surface area contributed by atoms with Crippen molar-refractivity contribution in [2.24, 2.45) is 0 Å². The Labute approximate surface area is 174 Å². The van der Waals surface area contributed by atoms with E-state index in [1.54, 1.807) is 7.11 Å². The molecule has 0 radical (unpaired) electrons. The van der Waals surface area contributed by atoms with E-state index in [4.69, 9.17) is 4.74 Å². The van der Waals surface area contributed by atoms with Gasteiger partial charge < -0.3 is 4.74 Å². The van der Waals surface area contributed by atoms with Crippen molar-refractivity contribution in [3.8, 4) is 0 Å². The summed E-state index contributed by atoms with van der Waals surface area (Å²) in [4.78, 5) is 21.8. The number of fused-ring (bicyclic) bond motifs is 1. The number of rotatable bonds is 5. The van der Waals surface area contributed by atoms with Crippen LogP contribution in [-0.4, -0.2) is 32.7 Å². The van der Waals surface area contributed by atoms with E-state index in [2.05, 4.69) is 52.5 Å². The first-order chi connectivity index (χ1) is 14.5. The molecule has 0 fully saturated rings. The fourth-order valence-electron chi connectivity index (χ4n) is 3.41. The monoisotopic (exact) mass is 403 g/mol. The molecule has 0 aliphatic heterocycles. The minimum absolute atomic E-state index is 0.0972. The molecule has 4 rings (SSSR count). The molecule has 2 aliphatic carbocycles. The van der Waals surface area contributed by atoms with Crippen molar-refractivity contribution >= 4 is 11.4 Å². The van der Waals surface area contributed by atoms with Gasteiger partial charge in [0.05, 0.1) is 18.8 Å². The highest BCUT2D eigenvalue weighted by Gasteiger charge is 2.15. The summed E-state index contributed by atoms with van der Waals surface area (Å²) in [7, 11) is 1.64. The summed E-state index contributed by atoms with van der Waals surface area (Å²) in [5.41, 5.74) is 3.81. The fraction of sp³-hybridized carbons (Fsp3) is 0.261. The largest absolute Gasteiger partial charge is 0.499 e. The van der Waals surface area contributed by atoms with E-state index in [0.717, 1.165) is 17.8 Å². The molecule has 2 aromatic rings. The first-order valence-corrected chi connectivity index (χ1v) is 9.92. The molecule has 30 heavy (non-hydrogen) atoms. The van der Waals surface area contributed by atoms with Crippen molar-refractivity contribution < 1.29 is 4.74 Å². The van der Waals surface area contributed by atoms with Gasteiger partial charge in [-0.15, -0.1) is 0 Å². The summed E-state index contributed by atoms with van der Waals surface area (Å²) < 4.78 is 6.82. The Kier molecular flexibility index (Phi) is 5.63. The molecule has 0 amide bonds. The van der Waals surface area contributed by atoms with Crippen molar-refractivity contribution in [3.63, 3.8) is 0 Å². The number of hydrogen-bond acceptors (Lipinski definition) is 5. The number of H-pyrrole nitrogens is 1. The lowest BCUT2D eigenvalue weighted by molar-refractivity contribution is 0.263. The third kappa shape index (κ3) is 4.11. The maximum atomic E-state index is 12.6. The van der Waals surface area contributed by atoms with Crippen LogP contribution < -0.4 is 10.9 Å². The van der Waals surface area contributed by atoms with Gasteiger partial charge in [0.15, 0.2) is 5.82 Å². The van der Waals surface area contributed by atoms with Crippen LogP contribution in [0.25, 0.3) is 11.4 Å². The van der Waals surface area contributed by atoms with Crippen LogP contribution >= 0.6 is 0 Å². The van der Waals surface area contributed by atoms with Crippen LogP contribution in [0, 0.1) is 0 Å². The molecule has 2 aliphatic rings. The summed E-state index contributed by atoms with van der Waals surface area (Å²) in [5, 5.41) is 6.44. The second-order valence-corrected chi connectivity index (χ2v) is 7.30. The molecule has 0 saturated carbocycles. The molecule has 7 nitrogen and oxygen atoms in total. The average molecular weight is 403 g/mol. The second kappa shape index (κ2) is 8.51. The van der Waals surface area contributed by atoms with Gasteiger partial charge in [0.2, 0.25) is 0 Å². The van der Waals surface area contributed by atoms with E-state index in [0.29, 0.717) is 23.8 Å². The average Bonchev–Trinajstić information content (AvgIpc) is 2.92. The number of aromatic nitrogens is 4. The van der Waals surface area contributed by atoms with E-state index < -0.39 is 0 Å². The number of methoxy groups -OCH3 is 1. The number of aromatic amines is 1. The SMILES string of the molecule is COC1=CC=CC=CC1NCc1cc(=O)n2[nH]c(C3=CCC=C(C)C(C)=C3)nc2n1. The minimum Gasteiger partial charge on any atom is -0.499 e. The molecule has 0 bridgehead atoms. The normalized spacial score (nSPS) is 19.0. The predicted molar refractivity (Wildman–Crippen MR) is 118 cm³/mol. The minimum atomic E-state index is -0.194. The van der Waals surface area contributed by atoms with Gasteiger partial charge in [-0.25, -0.2) is 4.98 Å². The summed E-state index contributed by atoms with van der Waals surface area (Å²) in [5.74, 6) is 1.79. The van der Waals surface area contributed by atoms with E-state index >= 15 is 0 Å². The predicted octanol–water partition coefficient (Wildman–Crippen LogP) is 3.21. The van der Waals surface area contributed by atoms with Crippen LogP contribution in [0.3, 0.4) is 0 Å². The Morgan fingerprint density at radius 1 is 1.20 bits per heavy atom. The van der Waals surface area contributed by atoms with Crippen molar-refractivity contribution in [1.82, 2.24) is 24.9 Å². The van der Waals surface area contributed by atoms with Gasteiger partial charge in [0.1, 0.15) is 5.76 Å². The number of nitrogens with one attached hydrogen (secondary N) is 2. The highest BCUT2D eigenvalue weighted by atomic mass is 16.5. The van der Waals surface area contributed by atoms with Crippen LogP contribution in [-0.2, 0) is 11.3 Å². The first-order valence-electron chi connectivity index (χ1n) is 9.92. The van der Waals surface area contributed by atoms with Crippen LogP contribution in [0.15, 0.2) is 76.4 Å². The van der Waals surface area contributed by atoms with Gasteiger partial charge in [-0.2, -0.15) is 9.50 Å². The van der Waals surface area contributed by atoms with Gasteiger partial charge in [-0.05, 0) is 38.0 Å². The second-order valence-electron chi connectivity index (χ2n) is 7.30. The van der Waals surface area contributed by atoms with Crippen molar-refractivity contribution in [2.45, 2.75) is 32.9 Å². The number of allylic oxidation sites excluding steroid dienone is 10. The smallest absolute Gasteiger partial charge is 0.274 e. The van der Waals surface area contributed by atoms with Crippen molar-refractivity contribution in [2.75, 3.05) is 7.11 Å². The molecule has 154 valence electrons. The van der Waals surface area contributed by atoms with Crippen molar-refractivity contribution in [1.29, 1.82) is 0 Å². The van der Waals surface area contributed by atoms with Gasteiger partial charge in [0, 0.05) is 18.2 Å². The van der Waals surface area contributed by atoms with E-state index in [1.165, 1.54) is 21.7 Å². The fourth-order valence-corrected chi connectivity index (χ4v) is 3.41. The molecule has 2 heterocycles. The third-order valence-corrected chi connectivity index (χ3v) is 5.24. The molecule has 0 spiro atoms. The van der Waals surface area contributed by atoms with Crippen LogP contribution in [0.2, 0.25) is 0 Å². The Morgan fingerprint density at radius 3 is 2.90 bits per heavy atom. The van der Waals surface area contributed by atoms with Gasteiger partial charge >= 0.3 is 0 Å². The molecule has 7 heteroatoms. The maximum absolute atomic E-state index is 12.6. The lowest BCUT2D eigenvalue weighted by Gasteiger charge is -2.16. The Balaban J connectivity index is 1.59. The van der Waals surface area contributed by atoms with Crippen LogP contribution in [0.1, 0.15) is 31.8 Å². The molecule has 0 saturated heterocycles. The van der Waals surface area contributed by atoms with Gasteiger partial charge in [0.25, 0.3) is 11.3 Å². The zero-order valence-corrected chi connectivity index (χ0v) is 17.3. The maximum Gasteiger partial charge on any atom is 0.274 e.